The molecule has 1 amide bonds. The summed E-state index contributed by atoms with van der Waals surface area (Å²) in [6.45, 7) is 9.05. The molecule has 1 unspecified atom stereocenters. The van der Waals surface area contributed by atoms with Crippen LogP contribution in [0.5, 0.6) is 0 Å². The number of H-pyrrole nitrogens is 1. The molecule has 7 nitrogen and oxygen atoms in total. The summed E-state index contributed by atoms with van der Waals surface area (Å²) >= 11 is 0. The molecule has 1 atom stereocenters. The Kier molecular flexibility index (Phi) is 4.15. The van der Waals surface area contributed by atoms with Crippen LogP contribution in [0.4, 0.5) is 4.79 Å². The second kappa shape index (κ2) is 5.24. The number of nitrogens with zero attached hydrogens (tertiary/aromatic N) is 1. The van der Waals surface area contributed by atoms with Gasteiger partial charge in [-0.05, 0) is 26.7 Å². The second-order valence-electron chi connectivity index (χ2n) is 5.32. The number of carbonyl (C=O) groups excluding carboxylic acids is 1. The minimum Gasteiger partial charge on any atom is -0.444 e. The molecule has 0 aliphatic carbocycles. The van der Waals surface area contributed by atoms with Gasteiger partial charge < -0.3 is 14.5 Å². The van der Waals surface area contributed by atoms with Crippen LogP contribution in [-0.4, -0.2) is 21.9 Å². The van der Waals surface area contributed by atoms with Crippen molar-refractivity contribution in [3.8, 4) is 0 Å². The lowest BCUT2D eigenvalue weighted by molar-refractivity contribution is 0.0478. The van der Waals surface area contributed by atoms with E-state index in [0.29, 0.717) is 0 Å². The Morgan fingerprint density at radius 3 is 2.44 bits per heavy atom. The SMILES string of the molecule is CC(C)C(NC(=O)OC(C)(C)C)c1n[nH]c(=O)o1. The van der Waals surface area contributed by atoms with Crippen LogP contribution in [-0.2, 0) is 4.74 Å². The zero-order valence-electron chi connectivity index (χ0n) is 11.2. The Morgan fingerprint density at radius 1 is 1.44 bits per heavy atom. The van der Waals surface area contributed by atoms with Crippen molar-refractivity contribution >= 4 is 6.09 Å². The van der Waals surface area contributed by atoms with Crippen LogP contribution in [0.2, 0.25) is 0 Å². The molecule has 2 N–H and O–H groups in total. The zero-order chi connectivity index (χ0) is 13.9. The van der Waals surface area contributed by atoms with E-state index in [1.807, 2.05) is 13.8 Å². The van der Waals surface area contributed by atoms with Gasteiger partial charge in [-0.15, -0.1) is 5.10 Å². The number of alkyl carbamates (subject to hydrolysis) is 1. The average molecular weight is 257 g/mol. The largest absolute Gasteiger partial charge is 0.444 e. The first-order chi connectivity index (χ1) is 8.19. The smallest absolute Gasteiger partial charge is 0.434 e. The third-order valence-corrected chi connectivity index (χ3v) is 2.06. The van der Waals surface area contributed by atoms with Gasteiger partial charge in [-0.3, -0.25) is 0 Å². The van der Waals surface area contributed by atoms with Gasteiger partial charge in [-0.25, -0.2) is 14.7 Å². The van der Waals surface area contributed by atoms with Gasteiger partial charge in [0.05, 0.1) is 0 Å². The number of carbonyl (C=O) groups is 1. The lowest BCUT2D eigenvalue weighted by atomic mass is 10.1. The highest BCUT2D eigenvalue weighted by molar-refractivity contribution is 5.68. The Labute approximate surface area is 105 Å². The van der Waals surface area contributed by atoms with Gasteiger partial charge >= 0.3 is 11.8 Å². The van der Waals surface area contributed by atoms with Gasteiger partial charge in [0.2, 0.25) is 5.89 Å². The fraction of sp³-hybridized carbons (Fsp3) is 0.727. The van der Waals surface area contributed by atoms with Crippen molar-refractivity contribution in [2.75, 3.05) is 0 Å². The Morgan fingerprint density at radius 2 is 2.06 bits per heavy atom. The third-order valence-electron chi connectivity index (χ3n) is 2.06. The molecule has 0 bridgehead atoms. The van der Waals surface area contributed by atoms with E-state index in [1.54, 1.807) is 20.8 Å². The van der Waals surface area contributed by atoms with E-state index < -0.39 is 23.5 Å². The average Bonchev–Trinajstić information content (AvgIpc) is 2.57. The number of rotatable bonds is 3. The Bertz CT molecular complexity index is 455. The fourth-order valence-corrected chi connectivity index (χ4v) is 1.32. The molecular weight excluding hydrogens is 238 g/mol. The van der Waals surface area contributed by atoms with Crippen LogP contribution in [0.25, 0.3) is 0 Å². The van der Waals surface area contributed by atoms with Crippen molar-refractivity contribution in [2.45, 2.75) is 46.3 Å². The van der Waals surface area contributed by atoms with Crippen molar-refractivity contribution < 1.29 is 13.9 Å². The number of amides is 1. The molecule has 18 heavy (non-hydrogen) atoms. The summed E-state index contributed by atoms with van der Waals surface area (Å²) < 4.78 is 9.98. The van der Waals surface area contributed by atoms with E-state index in [9.17, 15) is 9.59 Å². The van der Waals surface area contributed by atoms with Crippen molar-refractivity contribution in [1.82, 2.24) is 15.5 Å². The number of aromatic amines is 1. The quantitative estimate of drug-likeness (QED) is 0.856. The van der Waals surface area contributed by atoms with Crippen molar-refractivity contribution in [1.29, 1.82) is 0 Å². The standard InChI is InChI=1S/C11H19N3O4/c1-6(2)7(8-13-14-10(16)17-8)12-9(15)18-11(3,4)5/h6-7H,1-5H3,(H,12,15)(H,14,16). The van der Waals surface area contributed by atoms with Gasteiger partial charge in [-0.2, -0.15) is 0 Å². The number of hydrogen-bond acceptors (Lipinski definition) is 5. The van der Waals surface area contributed by atoms with Gasteiger partial charge in [0.1, 0.15) is 11.6 Å². The Balaban J connectivity index is 2.76. The predicted molar refractivity (Wildman–Crippen MR) is 64.1 cm³/mol. The molecule has 0 aromatic carbocycles. The fourth-order valence-electron chi connectivity index (χ4n) is 1.32. The predicted octanol–water partition coefficient (Wildman–Crippen LogP) is 1.58. The van der Waals surface area contributed by atoms with Crippen molar-refractivity contribution in [3.05, 3.63) is 16.4 Å². The van der Waals surface area contributed by atoms with Crippen LogP contribution in [0.1, 0.15) is 46.6 Å². The van der Waals surface area contributed by atoms with Gasteiger partial charge in [0.15, 0.2) is 0 Å². The molecule has 0 aliphatic heterocycles. The number of aromatic nitrogens is 2. The second-order valence-corrected chi connectivity index (χ2v) is 5.32. The molecule has 0 saturated heterocycles. The van der Waals surface area contributed by atoms with E-state index in [0.717, 1.165) is 0 Å². The number of nitrogens with one attached hydrogen (secondary N) is 2. The summed E-state index contributed by atoms with van der Waals surface area (Å²) in [5.74, 6) is -0.508. The summed E-state index contributed by atoms with van der Waals surface area (Å²) in [4.78, 5) is 22.6. The first kappa shape index (κ1) is 14.3. The molecule has 0 saturated carbocycles. The lowest BCUT2D eigenvalue weighted by Gasteiger charge is -2.23. The van der Waals surface area contributed by atoms with E-state index in [2.05, 4.69) is 15.5 Å². The van der Waals surface area contributed by atoms with E-state index in [1.165, 1.54) is 0 Å². The minimum absolute atomic E-state index is 0.00367. The minimum atomic E-state index is -0.651. The highest BCUT2D eigenvalue weighted by Gasteiger charge is 2.26. The monoisotopic (exact) mass is 257 g/mol. The first-order valence-electron chi connectivity index (χ1n) is 5.74. The highest BCUT2D eigenvalue weighted by Crippen LogP contribution is 2.19. The van der Waals surface area contributed by atoms with Gasteiger partial charge in [-0.1, -0.05) is 13.8 Å². The number of ether oxygens (including phenoxy) is 1. The van der Waals surface area contributed by atoms with E-state index in [-0.39, 0.29) is 11.8 Å². The molecule has 0 radical (unpaired) electrons. The van der Waals surface area contributed by atoms with E-state index >= 15 is 0 Å². The number of hydrogen-bond donors (Lipinski definition) is 2. The summed E-state index contributed by atoms with van der Waals surface area (Å²) in [6, 6.07) is -0.515. The molecule has 1 heterocycles. The van der Waals surface area contributed by atoms with E-state index in [4.69, 9.17) is 9.15 Å². The highest BCUT2D eigenvalue weighted by atomic mass is 16.6. The molecule has 1 aromatic heterocycles. The molecule has 0 spiro atoms. The van der Waals surface area contributed by atoms with Crippen molar-refractivity contribution in [2.24, 2.45) is 5.92 Å². The molecule has 7 heteroatoms. The summed E-state index contributed by atoms with van der Waals surface area (Å²) in [6.07, 6.45) is -0.577. The molecule has 1 aromatic rings. The van der Waals surface area contributed by atoms with Crippen LogP contribution < -0.4 is 11.1 Å². The molecule has 102 valence electrons. The lowest BCUT2D eigenvalue weighted by Crippen LogP contribution is -2.37. The van der Waals surface area contributed by atoms with Crippen LogP contribution >= 0.6 is 0 Å². The third kappa shape index (κ3) is 4.23. The van der Waals surface area contributed by atoms with Crippen molar-refractivity contribution in [3.63, 3.8) is 0 Å². The summed E-state index contributed by atoms with van der Waals surface area (Å²) in [5.41, 5.74) is -0.585. The molecule has 0 aliphatic rings. The normalized spacial score (nSPS) is 13.4. The molecule has 1 rings (SSSR count). The molecular formula is C11H19N3O4. The maximum absolute atomic E-state index is 11.7. The molecule has 0 fully saturated rings. The zero-order valence-corrected chi connectivity index (χ0v) is 11.2. The van der Waals surface area contributed by atoms with Crippen LogP contribution in [0, 0.1) is 5.92 Å². The van der Waals surface area contributed by atoms with Crippen LogP contribution in [0.15, 0.2) is 9.21 Å². The maximum Gasteiger partial charge on any atom is 0.434 e. The first-order valence-corrected chi connectivity index (χ1v) is 5.74. The summed E-state index contributed by atoms with van der Waals surface area (Å²) in [7, 11) is 0. The maximum atomic E-state index is 11.7. The Hall–Kier alpha value is -1.79. The van der Waals surface area contributed by atoms with Crippen LogP contribution in [0.3, 0.4) is 0 Å². The van der Waals surface area contributed by atoms with Gasteiger partial charge in [0, 0.05) is 0 Å². The topological polar surface area (TPSA) is 97.2 Å². The summed E-state index contributed by atoms with van der Waals surface area (Å²) in [5, 5.41) is 8.50. The van der Waals surface area contributed by atoms with Gasteiger partial charge in [0.25, 0.3) is 0 Å².